The molecule has 68 valence electrons. The van der Waals surface area contributed by atoms with Crippen LogP contribution in [0.3, 0.4) is 0 Å². The van der Waals surface area contributed by atoms with Gasteiger partial charge in [0.1, 0.15) is 0 Å². The lowest BCUT2D eigenvalue weighted by Crippen LogP contribution is -2.27. The summed E-state index contributed by atoms with van der Waals surface area (Å²) in [5.74, 6) is 0.241. The minimum absolute atomic E-state index is 0.106. The lowest BCUT2D eigenvalue weighted by atomic mass is 9.94. The number of carbonyl (C=O) groups excluding carboxylic acids is 1. The van der Waals surface area contributed by atoms with Gasteiger partial charge in [-0.25, -0.2) is 0 Å². The van der Waals surface area contributed by atoms with E-state index in [2.05, 4.69) is 18.3 Å². The molecule has 0 aliphatic carbocycles. The molecular formula is C11H13NO. The number of fused-ring (bicyclic) bond motifs is 1. The number of nitrogens with one attached hydrogen (secondary N) is 1. The van der Waals surface area contributed by atoms with Gasteiger partial charge in [0.05, 0.1) is 0 Å². The monoisotopic (exact) mass is 175 g/mol. The average Bonchev–Trinajstić information content (AvgIpc) is 2.08. The highest BCUT2D eigenvalue weighted by molar-refractivity contribution is 5.95. The van der Waals surface area contributed by atoms with E-state index in [4.69, 9.17) is 0 Å². The molecule has 1 amide bonds. The van der Waals surface area contributed by atoms with Crippen molar-refractivity contribution in [3.63, 3.8) is 0 Å². The van der Waals surface area contributed by atoms with Crippen molar-refractivity contribution in [2.24, 2.45) is 5.92 Å². The molecular weight excluding hydrogens is 162 g/mol. The van der Waals surface area contributed by atoms with E-state index >= 15 is 0 Å². The van der Waals surface area contributed by atoms with Gasteiger partial charge in [0.15, 0.2) is 0 Å². The number of amides is 1. The first-order valence-electron chi connectivity index (χ1n) is 4.57. The number of benzene rings is 1. The molecule has 0 spiro atoms. The number of carbonyl (C=O) groups is 1. The summed E-state index contributed by atoms with van der Waals surface area (Å²) in [5, 5.41) is 2.90. The molecule has 0 bridgehead atoms. The third kappa shape index (κ3) is 1.44. The first-order valence-corrected chi connectivity index (χ1v) is 4.57. The van der Waals surface area contributed by atoms with E-state index in [0.29, 0.717) is 0 Å². The summed E-state index contributed by atoms with van der Waals surface area (Å²) in [4.78, 5) is 11.3. The fourth-order valence-electron chi connectivity index (χ4n) is 1.69. The van der Waals surface area contributed by atoms with E-state index in [9.17, 15) is 4.79 Å². The standard InChI is InChI=1S/C11H13NO/c1-7-3-4-10-9(5-7)6-8(2)11(13)12-10/h3-5,8H,6H2,1-2H3,(H,12,13)/t8-/m0/s1. The molecule has 1 aliphatic heterocycles. The Balaban J connectivity index is 2.42. The Morgan fingerprint density at radius 3 is 3.00 bits per heavy atom. The van der Waals surface area contributed by atoms with Crippen molar-refractivity contribution in [2.45, 2.75) is 20.3 Å². The summed E-state index contributed by atoms with van der Waals surface area (Å²) >= 11 is 0. The molecule has 2 nitrogen and oxygen atoms in total. The number of rotatable bonds is 0. The van der Waals surface area contributed by atoms with Gasteiger partial charge in [-0.1, -0.05) is 24.6 Å². The smallest absolute Gasteiger partial charge is 0.227 e. The van der Waals surface area contributed by atoms with Crippen LogP contribution in [0.1, 0.15) is 18.1 Å². The zero-order chi connectivity index (χ0) is 9.42. The van der Waals surface area contributed by atoms with Gasteiger partial charge in [0, 0.05) is 11.6 Å². The molecule has 0 unspecified atom stereocenters. The summed E-state index contributed by atoms with van der Waals surface area (Å²) < 4.78 is 0. The molecule has 1 N–H and O–H groups in total. The highest BCUT2D eigenvalue weighted by atomic mass is 16.1. The zero-order valence-electron chi connectivity index (χ0n) is 7.92. The first kappa shape index (κ1) is 8.30. The maximum Gasteiger partial charge on any atom is 0.227 e. The second-order valence-electron chi connectivity index (χ2n) is 3.76. The van der Waals surface area contributed by atoms with Crippen LogP contribution in [0.25, 0.3) is 0 Å². The molecule has 2 rings (SSSR count). The SMILES string of the molecule is Cc1ccc2c(c1)C[C@H](C)C(=O)N2. The van der Waals surface area contributed by atoms with Crippen molar-refractivity contribution in [3.8, 4) is 0 Å². The van der Waals surface area contributed by atoms with E-state index in [-0.39, 0.29) is 11.8 Å². The molecule has 1 atom stereocenters. The Hall–Kier alpha value is -1.31. The Labute approximate surface area is 78.0 Å². The van der Waals surface area contributed by atoms with E-state index < -0.39 is 0 Å². The van der Waals surface area contributed by atoms with Crippen LogP contribution in [0.2, 0.25) is 0 Å². The lowest BCUT2D eigenvalue weighted by molar-refractivity contribution is -0.119. The van der Waals surface area contributed by atoms with Crippen LogP contribution in [-0.2, 0) is 11.2 Å². The van der Waals surface area contributed by atoms with Gasteiger partial charge in [-0.2, -0.15) is 0 Å². The number of hydrogen-bond donors (Lipinski definition) is 1. The van der Waals surface area contributed by atoms with Gasteiger partial charge >= 0.3 is 0 Å². The van der Waals surface area contributed by atoms with Gasteiger partial charge in [-0.3, -0.25) is 4.79 Å². The largest absolute Gasteiger partial charge is 0.326 e. The fraction of sp³-hybridized carbons (Fsp3) is 0.364. The van der Waals surface area contributed by atoms with Crippen molar-refractivity contribution < 1.29 is 4.79 Å². The minimum atomic E-state index is 0.106. The zero-order valence-corrected chi connectivity index (χ0v) is 7.92. The number of hydrogen-bond acceptors (Lipinski definition) is 1. The van der Waals surface area contributed by atoms with Crippen molar-refractivity contribution >= 4 is 11.6 Å². The topological polar surface area (TPSA) is 29.1 Å². The summed E-state index contributed by atoms with van der Waals surface area (Å²) in [6.07, 6.45) is 0.864. The van der Waals surface area contributed by atoms with Crippen LogP contribution in [0, 0.1) is 12.8 Å². The summed E-state index contributed by atoms with van der Waals surface area (Å²) in [7, 11) is 0. The van der Waals surface area contributed by atoms with Crippen molar-refractivity contribution in [2.75, 3.05) is 5.32 Å². The lowest BCUT2D eigenvalue weighted by Gasteiger charge is -2.21. The molecule has 0 saturated heterocycles. The van der Waals surface area contributed by atoms with Crippen molar-refractivity contribution in [1.82, 2.24) is 0 Å². The third-order valence-corrected chi connectivity index (χ3v) is 2.49. The van der Waals surface area contributed by atoms with Crippen LogP contribution < -0.4 is 5.32 Å². The molecule has 1 aliphatic rings. The molecule has 0 saturated carbocycles. The Morgan fingerprint density at radius 1 is 1.46 bits per heavy atom. The first-order chi connectivity index (χ1) is 6.16. The average molecular weight is 175 g/mol. The van der Waals surface area contributed by atoms with Crippen molar-refractivity contribution in [3.05, 3.63) is 29.3 Å². The van der Waals surface area contributed by atoms with Gasteiger partial charge in [-0.05, 0) is 25.0 Å². The fourth-order valence-corrected chi connectivity index (χ4v) is 1.69. The molecule has 0 fully saturated rings. The van der Waals surface area contributed by atoms with Crippen LogP contribution in [0.4, 0.5) is 5.69 Å². The predicted octanol–water partition coefficient (Wildman–Crippen LogP) is 2.13. The second-order valence-corrected chi connectivity index (χ2v) is 3.76. The van der Waals surface area contributed by atoms with Gasteiger partial charge in [0.2, 0.25) is 5.91 Å². The van der Waals surface area contributed by atoms with Crippen LogP contribution in [0.15, 0.2) is 18.2 Å². The third-order valence-electron chi connectivity index (χ3n) is 2.49. The Morgan fingerprint density at radius 2 is 2.23 bits per heavy atom. The molecule has 1 aromatic rings. The molecule has 1 aromatic carbocycles. The summed E-state index contributed by atoms with van der Waals surface area (Å²) in [6.45, 7) is 4.03. The van der Waals surface area contributed by atoms with E-state index in [0.717, 1.165) is 12.1 Å². The normalized spacial score (nSPS) is 20.8. The molecule has 2 heteroatoms. The second kappa shape index (κ2) is 2.87. The van der Waals surface area contributed by atoms with Crippen LogP contribution in [-0.4, -0.2) is 5.91 Å². The maximum atomic E-state index is 11.3. The summed E-state index contributed by atoms with van der Waals surface area (Å²) in [5.41, 5.74) is 3.49. The number of aryl methyl sites for hydroxylation is 1. The highest BCUT2D eigenvalue weighted by Gasteiger charge is 2.21. The summed E-state index contributed by atoms with van der Waals surface area (Å²) in [6, 6.07) is 6.15. The number of anilines is 1. The van der Waals surface area contributed by atoms with Crippen LogP contribution in [0.5, 0.6) is 0 Å². The molecule has 1 heterocycles. The van der Waals surface area contributed by atoms with Crippen LogP contribution >= 0.6 is 0 Å². The van der Waals surface area contributed by atoms with E-state index in [1.165, 1.54) is 11.1 Å². The quantitative estimate of drug-likeness (QED) is 0.643. The van der Waals surface area contributed by atoms with Crippen molar-refractivity contribution in [1.29, 1.82) is 0 Å². The van der Waals surface area contributed by atoms with E-state index in [1.54, 1.807) is 0 Å². The Kier molecular flexibility index (Phi) is 1.83. The van der Waals surface area contributed by atoms with Gasteiger partial charge in [-0.15, -0.1) is 0 Å². The molecule has 0 aromatic heterocycles. The van der Waals surface area contributed by atoms with Gasteiger partial charge in [0.25, 0.3) is 0 Å². The predicted molar refractivity (Wildman–Crippen MR) is 52.7 cm³/mol. The molecule has 13 heavy (non-hydrogen) atoms. The highest BCUT2D eigenvalue weighted by Crippen LogP contribution is 2.25. The van der Waals surface area contributed by atoms with E-state index in [1.807, 2.05) is 19.1 Å². The molecule has 0 radical (unpaired) electrons. The maximum absolute atomic E-state index is 11.3. The Bertz CT molecular complexity index is 357. The minimum Gasteiger partial charge on any atom is -0.326 e. The van der Waals surface area contributed by atoms with Gasteiger partial charge < -0.3 is 5.32 Å².